The third-order valence-corrected chi connectivity index (χ3v) is 7.79. The topological polar surface area (TPSA) is 37.3 Å². The zero-order chi connectivity index (χ0) is 24.1. The van der Waals surface area contributed by atoms with Gasteiger partial charge in [-0.2, -0.15) is 0 Å². The van der Waals surface area contributed by atoms with E-state index in [0.717, 1.165) is 12.8 Å². The van der Waals surface area contributed by atoms with Gasteiger partial charge in [0.25, 0.3) is 0 Å². The minimum Gasteiger partial charge on any atom is -0.481 e. The molecule has 32 heavy (non-hydrogen) atoms. The van der Waals surface area contributed by atoms with E-state index in [1.54, 1.807) is 0 Å². The van der Waals surface area contributed by atoms with Crippen LogP contribution in [0.2, 0.25) is 0 Å². The van der Waals surface area contributed by atoms with Crippen LogP contribution in [0.4, 0.5) is 0 Å². The molecule has 0 atom stereocenters. The van der Waals surface area contributed by atoms with Crippen LogP contribution in [0.3, 0.4) is 0 Å². The maximum atomic E-state index is 11.5. The van der Waals surface area contributed by atoms with Crippen molar-refractivity contribution >= 4 is 5.97 Å². The quantitative estimate of drug-likeness (QED) is 0.124. The Morgan fingerprint density at radius 2 is 0.938 bits per heavy atom. The van der Waals surface area contributed by atoms with Crippen molar-refractivity contribution in [3.8, 4) is 0 Å². The van der Waals surface area contributed by atoms with Crippen molar-refractivity contribution in [3.05, 3.63) is 12.2 Å². The monoisotopic (exact) mass is 450 g/mol. The molecule has 0 heterocycles. The fourth-order valence-electron chi connectivity index (χ4n) is 4.30. The van der Waals surface area contributed by atoms with Crippen LogP contribution in [0.5, 0.6) is 0 Å². The average Bonchev–Trinajstić information content (AvgIpc) is 2.74. The molecule has 0 aliphatic rings. The number of rotatable bonds is 23. The SMILES string of the molecule is CCCCCCCC/C=C/CCCCCCCCCCCCCC(C)(C)C(C)(C)C(=O)O. The first kappa shape index (κ1) is 31.2. The molecule has 0 saturated carbocycles. The molecular formula is C30H58O2. The fraction of sp³-hybridized carbons (Fsp3) is 0.900. The van der Waals surface area contributed by atoms with E-state index in [-0.39, 0.29) is 5.41 Å². The predicted molar refractivity (Wildman–Crippen MR) is 142 cm³/mol. The Hall–Kier alpha value is -0.790. The van der Waals surface area contributed by atoms with Crippen molar-refractivity contribution in [1.82, 2.24) is 0 Å². The lowest BCUT2D eigenvalue weighted by molar-refractivity contribution is -0.154. The number of allylic oxidation sites excluding steroid dienone is 2. The second kappa shape index (κ2) is 19.7. The highest BCUT2D eigenvalue weighted by Crippen LogP contribution is 2.42. The Kier molecular flexibility index (Phi) is 19.2. The summed E-state index contributed by atoms with van der Waals surface area (Å²) in [4.78, 5) is 11.5. The van der Waals surface area contributed by atoms with Gasteiger partial charge in [-0.05, 0) is 51.4 Å². The first-order valence-electron chi connectivity index (χ1n) is 14.1. The van der Waals surface area contributed by atoms with Crippen molar-refractivity contribution in [2.24, 2.45) is 10.8 Å². The largest absolute Gasteiger partial charge is 0.481 e. The highest BCUT2D eigenvalue weighted by Gasteiger charge is 2.42. The molecule has 0 bridgehead atoms. The first-order chi connectivity index (χ1) is 15.3. The number of hydrogen-bond donors (Lipinski definition) is 1. The summed E-state index contributed by atoms with van der Waals surface area (Å²) in [6.07, 6.45) is 31.5. The molecule has 0 aromatic heterocycles. The van der Waals surface area contributed by atoms with Gasteiger partial charge in [-0.15, -0.1) is 0 Å². The van der Waals surface area contributed by atoms with E-state index in [2.05, 4.69) is 32.9 Å². The van der Waals surface area contributed by atoms with Crippen molar-refractivity contribution < 1.29 is 9.90 Å². The van der Waals surface area contributed by atoms with Crippen molar-refractivity contribution in [1.29, 1.82) is 0 Å². The minimum absolute atomic E-state index is 0.150. The summed E-state index contributed by atoms with van der Waals surface area (Å²) in [7, 11) is 0. The summed E-state index contributed by atoms with van der Waals surface area (Å²) >= 11 is 0. The zero-order valence-electron chi connectivity index (χ0n) is 22.7. The lowest BCUT2D eigenvalue weighted by Crippen LogP contribution is -2.39. The molecule has 0 amide bonds. The summed E-state index contributed by atoms with van der Waals surface area (Å²) in [6.45, 7) is 10.2. The highest BCUT2D eigenvalue weighted by atomic mass is 16.4. The van der Waals surface area contributed by atoms with E-state index in [9.17, 15) is 9.90 Å². The zero-order valence-corrected chi connectivity index (χ0v) is 22.7. The summed E-state index contributed by atoms with van der Waals surface area (Å²) in [5.41, 5.74) is -0.806. The van der Waals surface area contributed by atoms with Gasteiger partial charge in [0, 0.05) is 0 Å². The lowest BCUT2D eigenvalue weighted by atomic mass is 9.65. The van der Waals surface area contributed by atoms with Crippen LogP contribution in [-0.2, 0) is 4.79 Å². The molecule has 0 radical (unpaired) electrons. The van der Waals surface area contributed by atoms with Crippen molar-refractivity contribution in [2.75, 3.05) is 0 Å². The molecule has 1 N–H and O–H groups in total. The number of carboxylic acids is 1. The number of aliphatic carboxylic acids is 1. The van der Waals surface area contributed by atoms with E-state index in [1.165, 1.54) is 116 Å². The second-order valence-electron chi connectivity index (χ2n) is 11.3. The van der Waals surface area contributed by atoms with Crippen LogP contribution < -0.4 is 0 Å². The fourth-order valence-corrected chi connectivity index (χ4v) is 4.30. The van der Waals surface area contributed by atoms with Gasteiger partial charge in [0.05, 0.1) is 5.41 Å². The molecule has 0 aromatic rings. The maximum absolute atomic E-state index is 11.5. The first-order valence-corrected chi connectivity index (χ1v) is 14.1. The van der Waals surface area contributed by atoms with Crippen LogP contribution >= 0.6 is 0 Å². The van der Waals surface area contributed by atoms with Crippen LogP contribution in [0.15, 0.2) is 12.2 Å². The number of carbonyl (C=O) groups is 1. The summed E-state index contributed by atoms with van der Waals surface area (Å²) in [5.74, 6) is -0.678. The minimum atomic E-state index is -0.678. The van der Waals surface area contributed by atoms with Gasteiger partial charge < -0.3 is 5.11 Å². The molecular weight excluding hydrogens is 392 g/mol. The average molecular weight is 451 g/mol. The normalized spacial score (nSPS) is 12.7. The Morgan fingerprint density at radius 3 is 1.31 bits per heavy atom. The van der Waals surface area contributed by atoms with Gasteiger partial charge in [0.15, 0.2) is 0 Å². The molecule has 190 valence electrons. The van der Waals surface area contributed by atoms with Crippen LogP contribution in [0, 0.1) is 10.8 Å². The third-order valence-electron chi connectivity index (χ3n) is 7.79. The summed E-state index contributed by atoms with van der Waals surface area (Å²) in [6, 6.07) is 0. The van der Waals surface area contributed by atoms with Crippen LogP contribution in [0.1, 0.15) is 163 Å². The van der Waals surface area contributed by atoms with Gasteiger partial charge in [-0.1, -0.05) is 129 Å². The van der Waals surface area contributed by atoms with E-state index in [0.29, 0.717) is 0 Å². The molecule has 0 aromatic carbocycles. The Morgan fingerprint density at radius 1 is 0.594 bits per heavy atom. The number of carboxylic acid groups (broad SMARTS) is 1. The van der Waals surface area contributed by atoms with Crippen molar-refractivity contribution in [3.63, 3.8) is 0 Å². The van der Waals surface area contributed by atoms with E-state index < -0.39 is 11.4 Å². The molecule has 0 fully saturated rings. The van der Waals surface area contributed by atoms with E-state index in [1.807, 2.05) is 13.8 Å². The molecule has 0 rings (SSSR count). The van der Waals surface area contributed by atoms with E-state index in [4.69, 9.17) is 0 Å². The molecule has 0 aliphatic heterocycles. The molecule has 0 saturated heterocycles. The van der Waals surface area contributed by atoms with E-state index >= 15 is 0 Å². The van der Waals surface area contributed by atoms with Gasteiger partial charge in [-0.25, -0.2) is 0 Å². The molecule has 0 aliphatic carbocycles. The van der Waals surface area contributed by atoms with Crippen LogP contribution in [-0.4, -0.2) is 11.1 Å². The van der Waals surface area contributed by atoms with Gasteiger partial charge in [-0.3, -0.25) is 4.79 Å². The molecule has 2 heteroatoms. The second-order valence-corrected chi connectivity index (χ2v) is 11.3. The molecule has 0 unspecified atom stereocenters. The Labute approximate surface area is 202 Å². The smallest absolute Gasteiger partial charge is 0.309 e. The van der Waals surface area contributed by atoms with Crippen molar-refractivity contribution in [2.45, 2.75) is 163 Å². The van der Waals surface area contributed by atoms with Crippen LogP contribution in [0.25, 0.3) is 0 Å². The van der Waals surface area contributed by atoms with Gasteiger partial charge in [0.2, 0.25) is 0 Å². The Bertz CT molecular complexity index is 461. The molecule has 0 spiro atoms. The standard InChI is InChI=1S/C30H58O2/c1-6-7-8-9-10-11-12-13-14-15-16-17-18-19-20-21-22-23-24-25-26-27-29(2,3)30(4,5)28(31)32/h13-14H,6-12,15-27H2,1-5H3,(H,31,32)/b14-13+. The van der Waals surface area contributed by atoms with Gasteiger partial charge in [0.1, 0.15) is 0 Å². The summed E-state index contributed by atoms with van der Waals surface area (Å²) < 4.78 is 0. The number of unbranched alkanes of at least 4 members (excludes halogenated alkanes) is 17. The lowest BCUT2D eigenvalue weighted by Gasteiger charge is -2.38. The van der Waals surface area contributed by atoms with Gasteiger partial charge >= 0.3 is 5.97 Å². The highest BCUT2D eigenvalue weighted by molar-refractivity contribution is 5.74. The molecule has 2 nitrogen and oxygen atoms in total. The summed E-state index contributed by atoms with van der Waals surface area (Å²) in [5, 5.41) is 9.45. The third kappa shape index (κ3) is 15.9. The predicted octanol–water partition coefficient (Wildman–Crippen LogP) is 10.5. The Balaban J connectivity index is 3.37. The maximum Gasteiger partial charge on any atom is 0.309 e. The number of hydrogen-bond acceptors (Lipinski definition) is 1.